The molecule has 96 valence electrons. The lowest BCUT2D eigenvalue weighted by molar-refractivity contribution is 0.288. The van der Waals surface area contributed by atoms with Gasteiger partial charge >= 0.3 is 0 Å². The van der Waals surface area contributed by atoms with Gasteiger partial charge in [-0.3, -0.25) is 0 Å². The summed E-state index contributed by atoms with van der Waals surface area (Å²) in [5.74, 6) is 0.898. The van der Waals surface area contributed by atoms with Crippen molar-refractivity contribution < 1.29 is 9.84 Å². The molecule has 0 saturated heterocycles. The minimum Gasteiger partial charge on any atom is -0.493 e. The Kier molecular flexibility index (Phi) is 5.17. The highest BCUT2D eigenvalue weighted by Gasteiger charge is 2.02. The van der Waals surface area contributed by atoms with Gasteiger partial charge in [0.25, 0.3) is 0 Å². The van der Waals surface area contributed by atoms with Crippen LogP contribution in [0.3, 0.4) is 0 Å². The summed E-state index contributed by atoms with van der Waals surface area (Å²) in [4.78, 5) is 4.51. The van der Waals surface area contributed by atoms with Gasteiger partial charge < -0.3 is 9.84 Å². The second-order valence-electron chi connectivity index (χ2n) is 3.97. The highest BCUT2D eigenvalue weighted by molar-refractivity contribution is 7.09. The number of benzene rings is 1. The summed E-state index contributed by atoms with van der Waals surface area (Å²) in [5, 5.41) is 11.9. The molecule has 2 aromatic rings. The van der Waals surface area contributed by atoms with Crippen LogP contribution in [0.15, 0.2) is 35.7 Å². The first-order valence-electron chi connectivity index (χ1n) is 6.10. The smallest absolute Gasteiger partial charge is 0.119 e. The highest BCUT2D eigenvalue weighted by Crippen LogP contribution is 2.13. The van der Waals surface area contributed by atoms with Gasteiger partial charge in [0.05, 0.1) is 17.3 Å². The van der Waals surface area contributed by atoms with Crippen LogP contribution in [0.2, 0.25) is 0 Å². The van der Waals surface area contributed by atoms with Gasteiger partial charge in [0.2, 0.25) is 0 Å². The second-order valence-corrected chi connectivity index (χ2v) is 4.91. The van der Waals surface area contributed by atoms with E-state index in [1.165, 1.54) is 0 Å². The van der Waals surface area contributed by atoms with Crippen LogP contribution in [0, 0.1) is 0 Å². The van der Waals surface area contributed by atoms with Gasteiger partial charge in [0.15, 0.2) is 0 Å². The molecule has 0 aliphatic rings. The van der Waals surface area contributed by atoms with E-state index in [-0.39, 0.29) is 6.61 Å². The van der Waals surface area contributed by atoms with Gasteiger partial charge in [-0.2, -0.15) is 0 Å². The van der Waals surface area contributed by atoms with Crippen LogP contribution >= 0.6 is 11.3 Å². The lowest BCUT2D eigenvalue weighted by atomic mass is 10.3. The topological polar surface area (TPSA) is 42.4 Å². The molecule has 0 aliphatic heterocycles. The Morgan fingerprint density at radius 2 is 2.00 bits per heavy atom. The molecule has 0 spiro atoms. The number of rotatable bonds is 7. The van der Waals surface area contributed by atoms with Crippen LogP contribution < -0.4 is 4.74 Å². The average molecular weight is 263 g/mol. The summed E-state index contributed by atoms with van der Waals surface area (Å²) in [6.45, 7) is 0.876. The summed E-state index contributed by atoms with van der Waals surface area (Å²) in [6.07, 6.45) is 2.47. The van der Waals surface area contributed by atoms with Crippen molar-refractivity contribution >= 4 is 11.3 Å². The largest absolute Gasteiger partial charge is 0.493 e. The Morgan fingerprint density at radius 3 is 2.78 bits per heavy atom. The van der Waals surface area contributed by atoms with Crippen molar-refractivity contribution in [3.63, 3.8) is 0 Å². The van der Waals surface area contributed by atoms with E-state index in [4.69, 9.17) is 9.84 Å². The zero-order chi connectivity index (χ0) is 12.6. The number of nitrogens with zero attached hydrogens (tertiary/aromatic N) is 1. The first-order valence-corrected chi connectivity index (χ1v) is 6.98. The molecule has 1 heterocycles. The summed E-state index contributed by atoms with van der Waals surface area (Å²) >= 11 is 1.66. The van der Waals surface area contributed by atoms with E-state index in [0.29, 0.717) is 6.61 Å². The first kappa shape index (κ1) is 13.1. The molecular formula is C14H17NO2S. The molecule has 3 nitrogen and oxygen atoms in total. The van der Waals surface area contributed by atoms with Crippen molar-refractivity contribution in [1.29, 1.82) is 0 Å². The third kappa shape index (κ3) is 4.13. The van der Waals surface area contributed by atoms with Gasteiger partial charge in [0.1, 0.15) is 5.75 Å². The summed E-state index contributed by atoms with van der Waals surface area (Å²) in [7, 11) is 0. The zero-order valence-electron chi connectivity index (χ0n) is 10.2. The number of ether oxygens (including phenoxy) is 1. The normalized spacial score (nSPS) is 10.5. The molecule has 2 rings (SSSR count). The zero-order valence-corrected chi connectivity index (χ0v) is 11.0. The maximum Gasteiger partial charge on any atom is 0.119 e. The van der Waals surface area contributed by atoms with Gasteiger partial charge in [-0.1, -0.05) is 18.2 Å². The van der Waals surface area contributed by atoms with Gasteiger partial charge in [-0.15, -0.1) is 11.3 Å². The maximum atomic E-state index is 8.76. The van der Waals surface area contributed by atoms with Gasteiger partial charge in [-0.05, 0) is 25.0 Å². The Labute approximate surface area is 111 Å². The molecule has 1 N–H and O–H groups in total. The molecule has 0 aliphatic carbocycles. The third-order valence-electron chi connectivity index (χ3n) is 2.52. The van der Waals surface area contributed by atoms with Crippen molar-refractivity contribution in [2.75, 3.05) is 13.2 Å². The summed E-state index contributed by atoms with van der Waals surface area (Å²) in [6, 6.07) is 9.81. The monoisotopic (exact) mass is 263 g/mol. The molecule has 0 atom stereocenters. The molecule has 4 heteroatoms. The molecule has 0 fully saturated rings. The van der Waals surface area contributed by atoms with Crippen molar-refractivity contribution in [3.8, 4) is 5.75 Å². The average Bonchev–Trinajstić information content (AvgIpc) is 2.85. The number of thiazole rings is 1. The lowest BCUT2D eigenvalue weighted by Gasteiger charge is -2.03. The van der Waals surface area contributed by atoms with Crippen LogP contribution in [0.5, 0.6) is 5.75 Å². The molecule has 0 saturated carbocycles. The summed E-state index contributed by atoms with van der Waals surface area (Å²) < 4.78 is 5.63. The van der Waals surface area contributed by atoms with E-state index in [2.05, 4.69) is 10.4 Å². The third-order valence-corrected chi connectivity index (χ3v) is 3.48. The van der Waals surface area contributed by atoms with E-state index in [9.17, 15) is 0 Å². The van der Waals surface area contributed by atoms with Crippen molar-refractivity contribution in [2.45, 2.75) is 19.3 Å². The van der Waals surface area contributed by atoms with Crippen LogP contribution in [0.4, 0.5) is 0 Å². The van der Waals surface area contributed by atoms with Crippen molar-refractivity contribution in [2.24, 2.45) is 0 Å². The molecule has 1 aromatic heterocycles. The number of hydrogen-bond acceptors (Lipinski definition) is 4. The predicted molar refractivity (Wildman–Crippen MR) is 73.2 cm³/mol. The van der Waals surface area contributed by atoms with Gasteiger partial charge in [0, 0.05) is 18.4 Å². The van der Waals surface area contributed by atoms with Gasteiger partial charge in [-0.25, -0.2) is 4.98 Å². The molecule has 0 unspecified atom stereocenters. The SMILES string of the molecule is OCCCc1csc(CCOc2ccccc2)n1. The standard InChI is InChI=1S/C14H17NO2S/c16-9-4-5-12-11-18-14(15-12)8-10-17-13-6-2-1-3-7-13/h1-3,6-7,11,16H,4-5,8-10H2. The minimum atomic E-state index is 0.226. The van der Waals surface area contributed by atoms with Crippen molar-refractivity contribution in [3.05, 3.63) is 46.4 Å². The number of para-hydroxylation sites is 1. The van der Waals surface area contributed by atoms with Crippen LogP contribution in [-0.4, -0.2) is 23.3 Å². The quantitative estimate of drug-likeness (QED) is 0.835. The molecule has 1 aromatic carbocycles. The predicted octanol–water partition coefficient (Wildman–Crippen LogP) is 2.69. The second kappa shape index (κ2) is 7.13. The first-order chi connectivity index (χ1) is 8.88. The lowest BCUT2D eigenvalue weighted by Crippen LogP contribution is -2.01. The Bertz CT molecular complexity index is 456. The van der Waals surface area contributed by atoms with Crippen LogP contribution in [-0.2, 0) is 12.8 Å². The van der Waals surface area contributed by atoms with E-state index in [1.54, 1.807) is 11.3 Å². The molecule has 0 amide bonds. The number of aliphatic hydroxyl groups is 1. The highest BCUT2D eigenvalue weighted by atomic mass is 32.1. The Hall–Kier alpha value is -1.39. The fourth-order valence-corrected chi connectivity index (χ4v) is 2.43. The van der Waals surface area contributed by atoms with Crippen molar-refractivity contribution in [1.82, 2.24) is 4.98 Å². The van der Waals surface area contributed by atoms with E-state index in [0.717, 1.165) is 35.7 Å². The number of aryl methyl sites for hydroxylation is 1. The Balaban J connectivity index is 1.75. The Morgan fingerprint density at radius 1 is 1.17 bits per heavy atom. The maximum absolute atomic E-state index is 8.76. The number of hydrogen-bond donors (Lipinski definition) is 1. The molecule has 0 bridgehead atoms. The fourth-order valence-electron chi connectivity index (χ4n) is 1.61. The number of aliphatic hydroxyl groups excluding tert-OH is 1. The fraction of sp³-hybridized carbons (Fsp3) is 0.357. The van der Waals surface area contributed by atoms with E-state index in [1.807, 2.05) is 30.3 Å². The molecular weight excluding hydrogens is 246 g/mol. The van der Waals surface area contributed by atoms with Crippen LogP contribution in [0.25, 0.3) is 0 Å². The minimum absolute atomic E-state index is 0.226. The number of aromatic nitrogens is 1. The molecule has 18 heavy (non-hydrogen) atoms. The molecule has 0 radical (unpaired) electrons. The van der Waals surface area contributed by atoms with E-state index < -0.39 is 0 Å². The van der Waals surface area contributed by atoms with Crippen LogP contribution in [0.1, 0.15) is 17.1 Å². The van der Waals surface area contributed by atoms with E-state index >= 15 is 0 Å². The summed E-state index contributed by atoms with van der Waals surface area (Å²) in [5.41, 5.74) is 1.07.